The minimum Gasteiger partial charge on any atom is -0.457 e. The highest BCUT2D eigenvalue weighted by Crippen LogP contribution is 2.25. The van der Waals surface area contributed by atoms with E-state index in [2.05, 4.69) is 26.6 Å². The van der Waals surface area contributed by atoms with Gasteiger partial charge in [0.05, 0.1) is 0 Å². The standard InChI is InChI=1S/C22H19BrN2O3/c1-14-3-5-16(6-4-14)21(26)25-19(22(27)24-2)13-18-11-12-20(28-18)15-7-9-17(23)10-8-15/h3-13H,1-2H3,(H,24,27)(H,25,26)/b19-13+. The van der Waals surface area contributed by atoms with E-state index in [4.69, 9.17) is 4.42 Å². The first kappa shape index (κ1) is 19.6. The number of nitrogens with one attached hydrogen (secondary N) is 2. The van der Waals surface area contributed by atoms with Crippen LogP contribution in [0.2, 0.25) is 0 Å². The maximum Gasteiger partial charge on any atom is 0.267 e. The van der Waals surface area contributed by atoms with Crippen LogP contribution in [-0.4, -0.2) is 18.9 Å². The molecule has 0 saturated carbocycles. The second kappa shape index (κ2) is 8.71. The molecule has 0 aliphatic heterocycles. The van der Waals surface area contributed by atoms with Crippen molar-refractivity contribution in [2.45, 2.75) is 6.92 Å². The number of carbonyl (C=O) groups excluding carboxylic acids is 2. The molecule has 0 atom stereocenters. The molecule has 2 N–H and O–H groups in total. The second-order valence-electron chi connectivity index (χ2n) is 6.17. The number of hydrogen-bond donors (Lipinski definition) is 2. The van der Waals surface area contributed by atoms with Crippen molar-refractivity contribution in [1.82, 2.24) is 10.6 Å². The highest BCUT2D eigenvalue weighted by Gasteiger charge is 2.14. The van der Waals surface area contributed by atoms with Gasteiger partial charge in [-0.3, -0.25) is 9.59 Å². The number of carbonyl (C=O) groups is 2. The molecule has 0 saturated heterocycles. The van der Waals surface area contributed by atoms with Gasteiger partial charge < -0.3 is 15.1 Å². The summed E-state index contributed by atoms with van der Waals surface area (Å²) in [6.07, 6.45) is 1.51. The van der Waals surface area contributed by atoms with Crippen molar-refractivity contribution in [2.24, 2.45) is 0 Å². The third kappa shape index (κ3) is 4.78. The Morgan fingerprint density at radius 3 is 2.29 bits per heavy atom. The summed E-state index contributed by atoms with van der Waals surface area (Å²) in [6, 6.07) is 18.4. The van der Waals surface area contributed by atoms with Gasteiger partial charge in [0, 0.05) is 28.7 Å². The van der Waals surface area contributed by atoms with Gasteiger partial charge in [0.25, 0.3) is 11.8 Å². The van der Waals surface area contributed by atoms with Crippen molar-refractivity contribution in [3.05, 3.63) is 87.7 Å². The zero-order valence-corrected chi connectivity index (χ0v) is 17.0. The number of rotatable bonds is 5. The van der Waals surface area contributed by atoms with Crippen LogP contribution in [0.3, 0.4) is 0 Å². The van der Waals surface area contributed by atoms with E-state index < -0.39 is 5.91 Å². The zero-order valence-electron chi connectivity index (χ0n) is 15.5. The molecule has 1 heterocycles. The molecule has 0 unspecified atom stereocenters. The van der Waals surface area contributed by atoms with Crippen LogP contribution < -0.4 is 10.6 Å². The number of furan rings is 1. The number of aryl methyl sites for hydroxylation is 1. The topological polar surface area (TPSA) is 71.3 Å². The molecule has 28 heavy (non-hydrogen) atoms. The summed E-state index contributed by atoms with van der Waals surface area (Å²) in [4.78, 5) is 24.7. The van der Waals surface area contributed by atoms with E-state index in [0.717, 1.165) is 15.6 Å². The quantitative estimate of drug-likeness (QED) is 0.574. The van der Waals surface area contributed by atoms with Crippen molar-refractivity contribution < 1.29 is 14.0 Å². The van der Waals surface area contributed by atoms with Crippen LogP contribution in [-0.2, 0) is 4.79 Å². The smallest absolute Gasteiger partial charge is 0.267 e. The predicted molar refractivity (Wildman–Crippen MR) is 113 cm³/mol. The van der Waals surface area contributed by atoms with Gasteiger partial charge in [0.15, 0.2) is 0 Å². The molecule has 3 aromatic rings. The van der Waals surface area contributed by atoms with Crippen LogP contribution in [0, 0.1) is 6.92 Å². The van der Waals surface area contributed by atoms with Crippen LogP contribution in [0.1, 0.15) is 21.7 Å². The van der Waals surface area contributed by atoms with E-state index in [1.165, 1.54) is 13.1 Å². The van der Waals surface area contributed by atoms with E-state index in [-0.39, 0.29) is 11.6 Å². The molecule has 0 spiro atoms. The van der Waals surface area contributed by atoms with Crippen molar-refractivity contribution >= 4 is 33.8 Å². The Balaban J connectivity index is 1.84. The maximum atomic E-state index is 12.5. The van der Waals surface area contributed by atoms with Crippen molar-refractivity contribution in [3.8, 4) is 11.3 Å². The molecule has 142 valence electrons. The molecule has 5 nitrogen and oxygen atoms in total. The molecule has 0 aliphatic rings. The highest BCUT2D eigenvalue weighted by molar-refractivity contribution is 9.10. The van der Waals surface area contributed by atoms with Crippen LogP contribution in [0.15, 0.2) is 75.3 Å². The second-order valence-corrected chi connectivity index (χ2v) is 7.08. The predicted octanol–water partition coefficient (Wildman–Crippen LogP) is 4.53. The van der Waals surface area contributed by atoms with Crippen LogP contribution in [0.25, 0.3) is 17.4 Å². The maximum absolute atomic E-state index is 12.5. The fourth-order valence-corrected chi connectivity index (χ4v) is 2.80. The first-order chi connectivity index (χ1) is 13.5. The summed E-state index contributed by atoms with van der Waals surface area (Å²) in [5.74, 6) is 0.345. The fourth-order valence-electron chi connectivity index (χ4n) is 2.53. The van der Waals surface area contributed by atoms with Gasteiger partial charge in [-0.1, -0.05) is 45.8 Å². The average Bonchev–Trinajstić information content (AvgIpc) is 3.16. The Morgan fingerprint density at radius 2 is 1.64 bits per heavy atom. The van der Waals surface area contributed by atoms with E-state index in [1.807, 2.05) is 49.4 Å². The molecule has 3 rings (SSSR count). The lowest BCUT2D eigenvalue weighted by Crippen LogP contribution is -2.33. The van der Waals surface area contributed by atoms with Crippen LogP contribution in [0.5, 0.6) is 0 Å². The number of benzene rings is 2. The van der Waals surface area contributed by atoms with E-state index in [0.29, 0.717) is 17.1 Å². The molecule has 0 radical (unpaired) electrons. The van der Waals surface area contributed by atoms with Gasteiger partial charge in [0.1, 0.15) is 17.2 Å². The number of halogens is 1. The normalized spacial score (nSPS) is 11.2. The van der Waals surface area contributed by atoms with E-state index >= 15 is 0 Å². The lowest BCUT2D eigenvalue weighted by atomic mass is 10.1. The van der Waals surface area contributed by atoms with Crippen molar-refractivity contribution in [3.63, 3.8) is 0 Å². The van der Waals surface area contributed by atoms with Gasteiger partial charge >= 0.3 is 0 Å². The minimum absolute atomic E-state index is 0.102. The molecule has 2 aromatic carbocycles. The van der Waals surface area contributed by atoms with Crippen LogP contribution >= 0.6 is 15.9 Å². The third-order valence-electron chi connectivity index (χ3n) is 4.08. The van der Waals surface area contributed by atoms with Gasteiger partial charge in [-0.2, -0.15) is 0 Å². The molecule has 1 aromatic heterocycles. The number of likely N-dealkylation sites (N-methyl/N-ethyl adjacent to an activating group) is 1. The summed E-state index contributed by atoms with van der Waals surface area (Å²) in [6.45, 7) is 1.94. The Labute approximate surface area is 171 Å². The van der Waals surface area contributed by atoms with E-state index in [9.17, 15) is 9.59 Å². The lowest BCUT2D eigenvalue weighted by molar-refractivity contribution is -0.117. The first-order valence-electron chi connectivity index (χ1n) is 8.64. The monoisotopic (exact) mass is 438 g/mol. The highest BCUT2D eigenvalue weighted by atomic mass is 79.9. The van der Waals surface area contributed by atoms with Gasteiger partial charge in [-0.25, -0.2) is 0 Å². The Hall–Kier alpha value is -3.12. The zero-order chi connectivity index (χ0) is 20.1. The SMILES string of the molecule is CNC(=O)/C(=C\c1ccc(-c2ccc(Br)cc2)o1)NC(=O)c1ccc(C)cc1. The summed E-state index contributed by atoms with van der Waals surface area (Å²) in [7, 11) is 1.50. The van der Waals surface area contributed by atoms with Crippen molar-refractivity contribution in [2.75, 3.05) is 7.05 Å². The molecular formula is C22H19BrN2O3. The first-order valence-corrected chi connectivity index (χ1v) is 9.43. The van der Waals surface area contributed by atoms with Gasteiger partial charge in [-0.15, -0.1) is 0 Å². The van der Waals surface area contributed by atoms with Gasteiger partial charge in [0.2, 0.25) is 0 Å². The lowest BCUT2D eigenvalue weighted by Gasteiger charge is -2.08. The number of hydrogen-bond acceptors (Lipinski definition) is 3. The fraction of sp³-hybridized carbons (Fsp3) is 0.0909. The minimum atomic E-state index is -0.415. The van der Waals surface area contributed by atoms with Crippen LogP contribution in [0.4, 0.5) is 0 Å². The molecule has 0 fully saturated rings. The largest absolute Gasteiger partial charge is 0.457 e. The molecule has 2 amide bonds. The average molecular weight is 439 g/mol. The summed E-state index contributed by atoms with van der Waals surface area (Å²) in [5, 5.41) is 5.18. The Kier molecular flexibility index (Phi) is 6.11. The molecule has 0 bridgehead atoms. The molecular weight excluding hydrogens is 420 g/mol. The van der Waals surface area contributed by atoms with Gasteiger partial charge in [-0.05, 0) is 43.3 Å². The summed E-state index contributed by atoms with van der Waals surface area (Å²) in [5.41, 5.74) is 2.53. The molecule has 0 aliphatic carbocycles. The third-order valence-corrected chi connectivity index (χ3v) is 4.60. The van der Waals surface area contributed by atoms with E-state index in [1.54, 1.807) is 18.2 Å². The number of amides is 2. The Morgan fingerprint density at radius 1 is 0.964 bits per heavy atom. The van der Waals surface area contributed by atoms with Crippen molar-refractivity contribution in [1.29, 1.82) is 0 Å². The summed E-state index contributed by atoms with van der Waals surface area (Å²) >= 11 is 3.40. The molecule has 6 heteroatoms. The summed E-state index contributed by atoms with van der Waals surface area (Å²) < 4.78 is 6.79. The Bertz CT molecular complexity index is 1020.